The third-order valence-corrected chi connectivity index (χ3v) is 5.23. The number of pyridine rings is 1. The van der Waals surface area contributed by atoms with E-state index in [1.165, 1.54) is 4.90 Å². The molecular formula is C21H19N7O2. The Bertz CT molecular complexity index is 1240. The van der Waals surface area contributed by atoms with Crippen LogP contribution in [-0.2, 0) is 11.3 Å². The second kappa shape index (κ2) is 7.11. The average Bonchev–Trinajstić information content (AvgIpc) is 3.40. The third-order valence-electron chi connectivity index (χ3n) is 5.23. The van der Waals surface area contributed by atoms with E-state index in [1.807, 2.05) is 42.5 Å². The molecule has 0 radical (unpaired) electrons. The largest absolute Gasteiger partial charge is 0.337 e. The molecular weight excluding hydrogens is 382 g/mol. The minimum atomic E-state index is -0.676. The number of aryl methyl sites for hydroxylation is 1. The molecule has 1 atom stereocenters. The number of fused-ring (bicyclic) bond motifs is 2. The van der Waals surface area contributed by atoms with E-state index in [9.17, 15) is 9.59 Å². The monoisotopic (exact) mass is 401 g/mol. The zero-order valence-corrected chi connectivity index (χ0v) is 16.3. The highest BCUT2D eigenvalue weighted by atomic mass is 16.2. The lowest BCUT2D eigenvalue weighted by atomic mass is 10.1. The normalized spacial score (nSPS) is 16.4. The first-order valence-corrected chi connectivity index (χ1v) is 9.63. The molecule has 1 unspecified atom stereocenters. The van der Waals surface area contributed by atoms with Crippen LogP contribution in [0.1, 0.15) is 17.0 Å². The summed E-state index contributed by atoms with van der Waals surface area (Å²) in [6.07, 6.45) is 2.09. The zero-order chi connectivity index (χ0) is 20.7. The summed E-state index contributed by atoms with van der Waals surface area (Å²) in [5, 5.41) is 11.4. The molecule has 0 spiro atoms. The number of benzene rings is 1. The van der Waals surface area contributed by atoms with Crippen LogP contribution >= 0.6 is 0 Å². The van der Waals surface area contributed by atoms with Gasteiger partial charge in [0.1, 0.15) is 11.9 Å². The summed E-state index contributed by atoms with van der Waals surface area (Å²) < 4.78 is 3.39. The fraction of sp³-hybridized carbons (Fsp3) is 0.190. The molecule has 150 valence electrons. The molecule has 1 aromatic carbocycles. The highest BCUT2D eigenvalue weighted by molar-refractivity contribution is 6.01. The number of amides is 2. The number of hydrogen-bond donors (Lipinski definition) is 1. The molecule has 5 rings (SSSR count). The van der Waals surface area contributed by atoms with Gasteiger partial charge in [-0.05, 0) is 18.6 Å². The predicted molar refractivity (Wildman–Crippen MR) is 110 cm³/mol. The Balaban J connectivity index is 1.42. The lowest BCUT2D eigenvalue weighted by molar-refractivity contribution is -0.120. The van der Waals surface area contributed by atoms with Gasteiger partial charge >= 0.3 is 0 Å². The highest BCUT2D eigenvalue weighted by Crippen LogP contribution is 2.21. The van der Waals surface area contributed by atoms with Crippen molar-refractivity contribution in [1.29, 1.82) is 0 Å². The van der Waals surface area contributed by atoms with Gasteiger partial charge in [-0.15, -0.1) is 5.10 Å². The van der Waals surface area contributed by atoms with Crippen molar-refractivity contribution < 1.29 is 9.59 Å². The first-order valence-electron chi connectivity index (χ1n) is 9.63. The number of likely N-dealkylation sites (N-methyl/N-ethyl adjacent to an activating group) is 1. The summed E-state index contributed by atoms with van der Waals surface area (Å²) in [4.78, 5) is 31.5. The van der Waals surface area contributed by atoms with Crippen LogP contribution in [0.5, 0.6) is 0 Å². The van der Waals surface area contributed by atoms with E-state index in [0.717, 1.165) is 11.3 Å². The van der Waals surface area contributed by atoms with Crippen molar-refractivity contribution in [3.8, 4) is 11.3 Å². The van der Waals surface area contributed by atoms with Crippen LogP contribution in [0, 0.1) is 0 Å². The highest BCUT2D eigenvalue weighted by Gasteiger charge is 2.30. The molecule has 4 heterocycles. The Morgan fingerprint density at radius 1 is 1.10 bits per heavy atom. The molecule has 3 aromatic heterocycles. The van der Waals surface area contributed by atoms with Gasteiger partial charge in [-0.25, -0.2) is 14.2 Å². The van der Waals surface area contributed by atoms with E-state index in [2.05, 4.69) is 20.5 Å². The number of nitrogens with zero attached hydrogens (tertiary/aromatic N) is 6. The number of carbonyl (C=O) groups is 2. The number of nitrogens with one attached hydrogen (secondary N) is 1. The van der Waals surface area contributed by atoms with Gasteiger partial charge in [-0.2, -0.15) is 5.10 Å². The summed E-state index contributed by atoms with van der Waals surface area (Å²) >= 11 is 0. The lowest BCUT2D eigenvalue weighted by Gasteiger charge is -2.19. The average molecular weight is 401 g/mol. The quantitative estimate of drug-likeness (QED) is 0.564. The maximum absolute atomic E-state index is 12.9. The molecule has 9 heteroatoms. The summed E-state index contributed by atoms with van der Waals surface area (Å²) in [6.45, 7) is 0.528. The number of rotatable bonds is 3. The van der Waals surface area contributed by atoms with Crippen LogP contribution in [0.4, 0.5) is 5.82 Å². The smallest absolute Gasteiger partial charge is 0.291 e. The van der Waals surface area contributed by atoms with E-state index in [0.29, 0.717) is 24.4 Å². The molecule has 9 nitrogen and oxygen atoms in total. The zero-order valence-electron chi connectivity index (χ0n) is 16.3. The minimum absolute atomic E-state index is 0.0239. The molecule has 1 N–H and O–H groups in total. The lowest BCUT2D eigenvalue weighted by Crippen LogP contribution is -2.47. The molecule has 4 aromatic rings. The number of carbonyl (C=O) groups excluding carboxylic acids is 2. The molecule has 30 heavy (non-hydrogen) atoms. The van der Waals surface area contributed by atoms with Crippen molar-refractivity contribution in [3.63, 3.8) is 0 Å². The first kappa shape index (κ1) is 18.0. The van der Waals surface area contributed by atoms with Crippen molar-refractivity contribution in [2.45, 2.75) is 19.0 Å². The number of aromatic nitrogens is 5. The maximum atomic E-state index is 12.9. The SMILES string of the molecule is CN1C(=O)C(NC(=O)c2nc3cccc(-c4ccccc4)n3n2)CCn2nccc21. The van der Waals surface area contributed by atoms with Gasteiger partial charge in [-0.1, -0.05) is 36.4 Å². The van der Waals surface area contributed by atoms with Crippen LogP contribution < -0.4 is 10.2 Å². The Labute approximate surface area is 171 Å². The van der Waals surface area contributed by atoms with Crippen molar-refractivity contribution >= 4 is 23.3 Å². The van der Waals surface area contributed by atoms with Crippen molar-refractivity contribution in [2.24, 2.45) is 0 Å². The van der Waals surface area contributed by atoms with Gasteiger partial charge in [0, 0.05) is 25.2 Å². The molecule has 1 aliphatic rings. The van der Waals surface area contributed by atoms with Crippen LogP contribution in [0.2, 0.25) is 0 Å². The fourth-order valence-corrected chi connectivity index (χ4v) is 3.69. The molecule has 0 saturated heterocycles. The van der Waals surface area contributed by atoms with Crippen molar-refractivity contribution in [1.82, 2.24) is 29.7 Å². The van der Waals surface area contributed by atoms with E-state index in [4.69, 9.17) is 0 Å². The predicted octanol–water partition coefficient (Wildman–Crippen LogP) is 1.76. The second-order valence-electron chi connectivity index (χ2n) is 7.11. The maximum Gasteiger partial charge on any atom is 0.291 e. The van der Waals surface area contributed by atoms with Crippen molar-refractivity contribution in [3.05, 3.63) is 66.6 Å². The molecule has 1 aliphatic heterocycles. The molecule has 0 fully saturated rings. The molecule has 0 aliphatic carbocycles. The Morgan fingerprint density at radius 2 is 1.93 bits per heavy atom. The van der Waals surface area contributed by atoms with Gasteiger partial charge in [0.2, 0.25) is 5.82 Å². The standard InChI is InChI=1S/C21H19N7O2/c1-26-18-10-12-22-27(18)13-11-15(21(26)30)23-20(29)19-24-17-9-5-8-16(28(17)25-19)14-6-3-2-4-7-14/h2-10,12,15H,11,13H2,1H3,(H,23,29). The van der Waals surface area contributed by atoms with E-state index < -0.39 is 11.9 Å². The van der Waals surface area contributed by atoms with Crippen LogP contribution in [0.3, 0.4) is 0 Å². The number of hydrogen-bond acceptors (Lipinski definition) is 5. The van der Waals surface area contributed by atoms with E-state index in [-0.39, 0.29) is 11.7 Å². The van der Waals surface area contributed by atoms with E-state index in [1.54, 1.807) is 34.6 Å². The third kappa shape index (κ3) is 3.00. The fourth-order valence-electron chi connectivity index (χ4n) is 3.69. The molecule has 2 amide bonds. The van der Waals surface area contributed by atoms with Crippen LogP contribution in [-0.4, -0.2) is 49.3 Å². The van der Waals surface area contributed by atoms with Crippen LogP contribution in [0.15, 0.2) is 60.8 Å². The summed E-state index contributed by atoms with van der Waals surface area (Å²) in [5.74, 6) is 0.0475. The topological polar surface area (TPSA) is 97.4 Å². The van der Waals surface area contributed by atoms with Gasteiger partial charge in [0.25, 0.3) is 11.8 Å². The summed E-state index contributed by atoms with van der Waals surface area (Å²) in [5.41, 5.74) is 2.36. The molecule has 0 saturated carbocycles. The van der Waals surface area contributed by atoms with Gasteiger partial charge in [-0.3, -0.25) is 14.5 Å². The second-order valence-corrected chi connectivity index (χ2v) is 7.11. The van der Waals surface area contributed by atoms with Gasteiger partial charge in [0.15, 0.2) is 5.65 Å². The van der Waals surface area contributed by atoms with Crippen molar-refractivity contribution in [2.75, 3.05) is 11.9 Å². The Hall–Kier alpha value is -4.01. The van der Waals surface area contributed by atoms with Gasteiger partial charge < -0.3 is 5.32 Å². The Morgan fingerprint density at radius 3 is 2.77 bits per heavy atom. The Kier molecular flexibility index (Phi) is 4.27. The minimum Gasteiger partial charge on any atom is -0.337 e. The summed E-state index contributed by atoms with van der Waals surface area (Å²) in [6, 6.07) is 16.5. The first-order chi connectivity index (χ1) is 14.6. The van der Waals surface area contributed by atoms with Crippen LogP contribution in [0.25, 0.3) is 16.9 Å². The number of anilines is 1. The summed E-state index contributed by atoms with van der Waals surface area (Å²) in [7, 11) is 1.68. The van der Waals surface area contributed by atoms with Gasteiger partial charge in [0.05, 0.1) is 11.9 Å². The van der Waals surface area contributed by atoms with E-state index >= 15 is 0 Å². The molecule has 0 bridgehead atoms.